The van der Waals surface area contributed by atoms with Crippen molar-refractivity contribution in [2.75, 3.05) is 0 Å². The molecule has 2 fully saturated rings. The normalized spacial score (nSPS) is 41.5. The largest absolute Gasteiger partial charge is 0.247 e. The summed E-state index contributed by atoms with van der Waals surface area (Å²) in [6.07, 6.45) is 11.3. The van der Waals surface area contributed by atoms with Crippen molar-refractivity contribution >= 4 is 0 Å². The number of hydrogen-bond donors (Lipinski definition) is 0. The van der Waals surface area contributed by atoms with Crippen molar-refractivity contribution < 1.29 is 4.39 Å². The molecule has 2 aliphatic rings. The van der Waals surface area contributed by atoms with Crippen LogP contribution in [0.4, 0.5) is 4.39 Å². The van der Waals surface area contributed by atoms with E-state index in [1.54, 1.807) is 0 Å². The molecule has 0 N–H and O–H groups in total. The molecule has 2 aliphatic carbocycles. The van der Waals surface area contributed by atoms with Crippen molar-refractivity contribution in [1.82, 2.24) is 0 Å². The average molecular weight is 325 g/mol. The lowest BCUT2D eigenvalue weighted by atomic mass is 9.64. The first-order chi connectivity index (χ1) is 10.9. The van der Waals surface area contributed by atoms with Crippen molar-refractivity contribution in [3.05, 3.63) is 0 Å². The minimum absolute atomic E-state index is 0.281. The maximum Gasteiger partial charge on any atom is 0.103 e. The second kappa shape index (κ2) is 8.86. The van der Waals surface area contributed by atoms with Crippen LogP contribution in [0.5, 0.6) is 0 Å². The smallest absolute Gasteiger partial charge is 0.103 e. The van der Waals surface area contributed by atoms with E-state index in [0.717, 1.165) is 30.1 Å². The van der Waals surface area contributed by atoms with Crippen LogP contribution in [0.3, 0.4) is 0 Å². The lowest BCUT2D eigenvalue weighted by Crippen LogP contribution is -2.35. The number of halogens is 1. The molecule has 0 nitrogen and oxygen atoms in total. The Morgan fingerprint density at radius 2 is 1.57 bits per heavy atom. The monoisotopic (exact) mass is 324 g/mol. The molecule has 0 saturated heterocycles. The Morgan fingerprint density at radius 3 is 2.13 bits per heavy atom. The quantitative estimate of drug-likeness (QED) is 0.481. The Labute approximate surface area is 145 Å². The van der Waals surface area contributed by atoms with Crippen LogP contribution in [0.2, 0.25) is 0 Å². The first-order valence-electron chi connectivity index (χ1n) is 10.6. The molecule has 6 unspecified atom stereocenters. The summed E-state index contributed by atoms with van der Waals surface area (Å²) in [5, 5.41) is 0. The third-order valence-electron chi connectivity index (χ3n) is 7.77. The van der Waals surface area contributed by atoms with Gasteiger partial charge in [0.15, 0.2) is 0 Å². The lowest BCUT2D eigenvalue weighted by molar-refractivity contribution is 0.0440. The zero-order chi connectivity index (χ0) is 17.0. The topological polar surface area (TPSA) is 0 Å². The highest BCUT2D eigenvalue weighted by Gasteiger charge is 2.38. The van der Waals surface area contributed by atoms with Gasteiger partial charge in [0.2, 0.25) is 0 Å². The second-order valence-corrected chi connectivity index (χ2v) is 9.33. The summed E-state index contributed by atoms with van der Waals surface area (Å²) in [6, 6.07) is 0. The Kier molecular flexibility index (Phi) is 7.42. The number of rotatable bonds is 6. The van der Waals surface area contributed by atoms with Crippen LogP contribution < -0.4 is 0 Å². The van der Waals surface area contributed by atoms with E-state index >= 15 is 0 Å². The van der Waals surface area contributed by atoms with Gasteiger partial charge < -0.3 is 0 Å². The molecule has 2 rings (SSSR count). The van der Waals surface area contributed by atoms with Gasteiger partial charge >= 0.3 is 0 Å². The van der Waals surface area contributed by atoms with E-state index in [1.165, 1.54) is 51.4 Å². The summed E-state index contributed by atoms with van der Waals surface area (Å²) in [5.74, 6) is 5.08. The highest BCUT2D eigenvalue weighted by molar-refractivity contribution is 4.88. The Balaban J connectivity index is 1.75. The molecule has 0 heterocycles. The summed E-state index contributed by atoms with van der Waals surface area (Å²) >= 11 is 0. The van der Waals surface area contributed by atoms with Crippen molar-refractivity contribution in [1.29, 1.82) is 0 Å². The Morgan fingerprint density at radius 1 is 0.913 bits per heavy atom. The maximum atomic E-state index is 14.2. The molecule has 0 radical (unpaired) electrons. The Bertz CT molecular complexity index is 319. The van der Waals surface area contributed by atoms with Gasteiger partial charge in [-0.05, 0) is 80.0 Å². The molecule has 1 heteroatoms. The van der Waals surface area contributed by atoms with Gasteiger partial charge in [0.1, 0.15) is 6.17 Å². The van der Waals surface area contributed by atoms with Crippen molar-refractivity contribution in [3.63, 3.8) is 0 Å². The number of alkyl halides is 1. The molecular formula is C22H41F. The fourth-order valence-electron chi connectivity index (χ4n) is 5.21. The van der Waals surface area contributed by atoms with Gasteiger partial charge in [-0.3, -0.25) is 0 Å². The van der Waals surface area contributed by atoms with Crippen molar-refractivity contribution in [2.24, 2.45) is 41.4 Å². The second-order valence-electron chi connectivity index (χ2n) is 9.33. The van der Waals surface area contributed by atoms with Crippen LogP contribution in [0, 0.1) is 41.4 Å². The minimum Gasteiger partial charge on any atom is -0.247 e. The van der Waals surface area contributed by atoms with E-state index in [-0.39, 0.29) is 5.92 Å². The summed E-state index contributed by atoms with van der Waals surface area (Å²) < 4.78 is 14.2. The molecule has 0 aliphatic heterocycles. The van der Waals surface area contributed by atoms with Gasteiger partial charge in [0, 0.05) is 0 Å². The molecule has 136 valence electrons. The molecule has 0 bridgehead atoms. The zero-order valence-electron chi connectivity index (χ0n) is 16.4. The first-order valence-corrected chi connectivity index (χ1v) is 10.6. The molecule has 2 saturated carbocycles. The van der Waals surface area contributed by atoms with E-state index < -0.39 is 6.17 Å². The molecule has 0 aromatic carbocycles. The van der Waals surface area contributed by atoms with Crippen LogP contribution >= 0.6 is 0 Å². The molecular weight excluding hydrogens is 283 g/mol. The van der Waals surface area contributed by atoms with Gasteiger partial charge in [-0.1, -0.05) is 53.9 Å². The third kappa shape index (κ3) is 5.20. The highest BCUT2D eigenvalue weighted by Crippen LogP contribution is 2.45. The highest BCUT2D eigenvalue weighted by atomic mass is 19.1. The van der Waals surface area contributed by atoms with Crippen LogP contribution in [-0.2, 0) is 0 Å². The van der Waals surface area contributed by atoms with E-state index in [4.69, 9.17) is 0 Å². The maximum absolute atomic E-state index is 14.2. The number of hydrogen-bond acceptors (Lipinski definition) is 0. The predicted molar refractivity (Wildman–Crippen MR) is 99.2 cm³/mol. The molecule has 0 spiro atoms. The first kappa shape index (κ1) is 19.3. The van der Waals surface area contributed by atoms with Crippen LogP contribution in [0.1, 0.15) is 92.4 Å². The molecule has 6 atom stereocenters. The molecule has 0 aromatic rings. The minimum atomic E-state index is -0.545. The van der Waals surface area contributed by atoms with Gasteiger partial charge in [-0.25, -0.2) is 4.39 Å². The van der Waals surface area contributed by atoms with Crippen LogP contribution in [0.15, 0.2) is 0 Å². The lowest BCUT2D eigenvalue weighted by Gasteiger charge is -2.42. The zero-order valence-corrected chi connectivity index (χ0v) is 16.4. The van der Waals surface area contributed by atoms with E-state index in [9.17, 15) is 4.39 Å². The fourth-order valence-corrected chi connectivity index (χ4v) is 5.21. The van der Waals surface area contributed by atoms with Gasteiger partial charge in [0.05, 0.1) is 0 Å². The molecule has 0 aromatic heterocycles. The van der Waals surface area contributed by atoms with Crippen LogP contribution in [0.25, 0.3) is 0 Å². The SMILES string of the molecule is CCC(C)CCC(C)C1CCC(C2CC(C)C(C)C(F)C2)CC1. The van der Waals surface area contributed by atoms with E-state index in [2.05, 4.69) is 34.6 Å². The van der Waals surface area contributed by atoms with E-state index in [1.807, 2.05) is 0 Å². The van der Waals surface area contributed by atoms with Gasteiger partial charge in [0.25, 0.3) is 0 Å². The van der Waals surface area contributed by atoms with Crippen LogP contribution in [-0.4, -0.2) is 6.17 Å². The van der Waals surface area contributed by atoms with Crippen molar-refractivity contribution in [2.45, 2.75) is 98.6 Å². The Hall–Kier alpha value is -0.0700. The van der Waals surface area contributed by atoms with E-state index in [0.29, 0.717) is 11.8 Å². The third-order valence-corrected chi connectivity index (χ3v) is 7.77. The van der Waals surface area contributed by atoms with Crippen molar-refractivity contribution in [3.8, 4) is 0 Å². The van der Waals surface area contributed by atoms with Gasteiger partial charge in [-0.15, -0.1) is 0 Å². The summed E-state index contributed by atoms with van der Waals surface area (Å²) in [4.78, 5) is 0. The molecule has 23 heavy (non-hydrogen) atoms. The fraction of sp³-hybridized carbons (Fsp3) is 1.00. The van der Waals surface area contributed by atoms with Gasteiger partial charge in [-0.2, -0.15) is 0 Å². The average Bonchev–Trinajstić information content (AvgIpc) is 2.56. The summed E-state index contributed by atoms with van der Waals surface area (Å²) in [7, 11) is 0. The molecule has 0 amide bonds. The summed E-state index contributed by atoms with van der Waals surface area (Å²) in [6.45, 7) is 11.6. The standard InChI is InChI=1S/C22H41F/c1-6-15(2)7-8-16(3)19-9-11-20(12-10-19)21-13-17(4)18(5)22(23)14-21/h15-22H,6-14H2,1-5H3. The summed E-state index contributed by atoms with van der Waals surface area (Å²) in [5.41, 5.74) is 0. The predicted octanol–water partition coefficient (Wildman–Crippen LogP) is 7.28.